The number of carboxylic acids is 3. The predicted molar refractivity (Wildman–Crippen MR) is 329 cm³/mol. The Hall–Kier alpha value is -10.9. The number of rotatable bonds is 9. The molecule has 0 bridgehead atoms. The Morgan fingerprint density at radius 2 is 0.537 bits per heavy atom. The fourth-order valence-corrected chi connectivity index (χ4v) is 9.68. The van der Waals surface area contributed by atoms with E-state index in [1.807, 2.05) is 123 Å². The van der Waals surface area contributed by atoms with Crippen LogP contribution in [0.2, 0.25) is 0 Å². The third kappa shape index (κ3) is 12.2. The number of fused-ring (bicyclic) bond motifs is 3. The first-order valence-corrected chi connectivity index (χ1v) is 26.4. The summed E-state index contributed by atoms with van der Waals surface area (Å²) in [6.45, 7) is 17.2. The molecule has 10 nitrogen and oxygen atoms in total. The van der Waals surface area contributed by atoms with E-state index in [4.69, 9.17) is 6.57 Å². The van der Waals surface area contributed by atoms with E-state index in [1.54, 1.807) is 36.4 Å². The van der Waals surface area contributed by atoms with E-state index in [1.165, 1.54) is 16.7 Å². The second kappa shape index (κ2) is 23.6. The average molecular weight is 1070 g/mol. The van der Waals surface area contributed by atoms with Gasteiger partial charge < -0.3 is 15.3 Å². The van der Waals surface area contributed by atoms with Crippen LogP contribution in [0.1, 0.15) is 58.9 Å². The molecule has 3 aromatic heterocycles. The largest absolute Gasteiger partial charge is 0.478 e. The van der Waals surface area contributed by atoms with Gasteiger partial charge in [0.05, 0.1) is 56.9 Å². The Kier molecular flexibility index (Phi) is 15.7. The van der Waals surface area contributed by atoms with Crippen LogP contribution in [0.5, 0.6) is 0 Å². The molecule has 0 fully saturated rings. The molecule has 0 saturated heterocycles. The molecule has 9 aromatic carbocycles. The molecule has 0 radical (unpaired) electrons. The Morgan fingerprint density at radius 1 is 0.305 bits per heavy atom. The highest BCUT2D eigenvalue weighted by molar-refractivity contribution is 6.06. The van der Waals surface area contributed by atoms with Crippen LogP contribution in [0, 0.1) is 41.2 Å². The Balaban J connectivity index is 0.000000138. The van der Waals surface area contributed by atoms with Crippen LogP contribution < -0.4 is 0 Å². The van der Waals surface area contributed by atoms with Gasteiger partial charge in [0.1, 0.15) is 0 Å². The quantitative estimate of drug-likeness (QED) is 0.120. The van der Waals surface area contributed by atoms with Crippen molar-refractivity contribution in [2.75, 3.05) is 0 Å². The number of hydrogen-bond donors (Lipinski definition) is 3. The average Bonchev–Trinajstić information content (AvgIpc) is 3.70. The summed E-state index contributed by atoms with van der Waals surface area (Å²) in [6, 6.07) is 70.3. The molecule has 0 atom stereocenters. The summed E-state index contributed by atoms with van der Waals surface area (Å²) < 4.78 is 0. The first-order valence-electron chi connectivity index (χ1n) is 26.4. The van der Waals surface area contributed by atoms with Crippen LogP contribution >= 0.6 is 0 Å². The number of benzene rings is 9. The van der Waals surface area contributed by atoms with Gasteiger partial charge >= 0.3 is 17.9 Å². The number of pyridine rings is 3. The number of aryl methyl sites for hydroxylation is 5. The lowest BCUT2D eigenvalue weighted by atomic mass is 9.99. The molecule has 398 valence electrons. The third-order valence-corrected chi connectivity index (χ3v) is 14.2. The second-order valence-corrected chi connectivity index (χ2v) is 20.3. The lowest BCUT2D eigenvalue weighted by Crippen LogP contribution is -2.00. The molecule has 82 heavy (non-hydrogen) atoms. The van der Waals surface area contributed by atoms with Gasteiger partial charge in [0.25, 0.3) is 0 Å². The van der Waals surface area contributed by atoms with Crippen LogP contribution in [0.3, 0.4) is 0 Å². The Morgan fingerprint density at radius 3 is 0.805 bits per heavy atom. The highest BCUT2D eigenvalue weighted by atomic mass is 16.4. The first-order chi connectivity index (χ1) is 39.6. The highest BCUT2D eigenvalue weighted by Gasteiger charge is 2.17. The minimum absolute atomic E-state index is 0.146. The summed E-state index contributed by atoms with van der Waals surface area (Å²) in [7, 11) is 0. The summed E-state index contributed by atoms with van der Waals surface area (Å²) in [5, 5.41) is 30.7. The van der Waals surface area contributed by atoms with Crippen LogP contribution in [-0.4, -0.2) is 48.2 Å². The standard InChI is InChI=1S/C24H16N2O2.2C24H19NO2/c1-15-3-5-16(6-4-15)17-7-9-18(10-8-17)23-14-21(24(27)28)20-13-19(25-2)11-12-22(20)26-23;2*1-15-3-6-17(7-4-15)18-8-10-19(11-9-18)23-14-21(24(26)27)20-13-16(2)5-12-22(20)25-23/h3-14H,1H3,(H,27,28);2*3-14H,1-2H3,(H,26,27). The zero-order valence-corrected chi connectivity index (χ0v) is 45.6. The van der Waals surface area contributed by atoms with Crippen molar-refractivity contribution in [1.82, 2.24) is 15.0 Å². The van der Waals surface area contributed by atoms with Crippen molar-refractivity contribution in [3.63, 3.8) is 0 Å². The van der Waals surface area contributed by atoms with Gasteiger partial charge in [-0.1, -0.05) is 192 Å². The van der Waals surface area contributed by atoms with Crippen LogP contribution in [0.4, 0.5) is 5.69 Å². The van der Waals surface area contributed by atoms with Crippen molar-refractivity contribution in [3.8, 4) is 67.2 Å². The Labute approximate surface area is 474 Å². The van der Waals surface area contributed by atoms with Crippen molar-refractivity contribution in [2.45, 2.75) is 34.6 Å². The van der Waals surface area contributed by atoms with E-state index < -0.39 is 17.9 Å². The summed E-state index contributed by atoms with van der Waals surface area (Å²) in [5.41, 5.74) is 20.1. The van der Waals surface area contributed by atoms with E-state index in [0.717, 1.165) is 61.2 Å². The molecule has 12 rings (SSSR count). The van der Waals surface area contributed by atoms with Gasteiger partial charge in [-0.15, -0.1) is 0 Å². The molecular weight excluding hydrogens is 1020 g/mol. The number of aromatic nitrogens is 3. The molecule has 10 heteroatoms. The lowest BCUT2D eigenvalue weighted by molar-refractivity contribution is 0.0688. The van der Waals surface area contributed by atoms with E-state index in [-0.39, 0.29) is 16.7 Å². The highest BCUT2D eigenvalue weighted by Crippen LogP contribution is 2.33. The van der Waals surface area contributed by atoms with Crippen molar-refractivity contribution in [2.24, 2.45) is 0 Å². The van der Waals surface area contributed by atoms with Gasteiger partial charge in [0.2, 0.25) is 0 Å². The molecule has 3 N–H and O–H groups in total. The number of hydrogen-bond acceptors (Lipinski definition) is 6. The maximum Gasteiger partial charge on any atom is 0.336 e. The third-order valence-electron chi connectivity index (χ3n) is 14.2. The fourth-order valence-electron chi connectivity index (χ4n) is 9.68. The van der Waals surface area contributed by atoms with E-state index in [2.05, 4.69) is 113 Å². The van der Waals surface area contributed by atoms with E-state index in [9.17, 15) is 29.7 Å². The minimum Gasteiger partial charge on any atom is -0.478 e. The van der Waals surface area contributed by atoms with Crippen LogP contribution in [0.25, 0.3) is 105 Å². The van der Waals surface area contributed by atoms with Gasteiger partial charge in [-0.25, -0.2) is 34.2 Å². The number of carboxylic acid groups (broad SMARTS) is 3. The molecule has 0 spiro atoms. The molecule has 12 aromatic rings. The number of nitrogens with zero attached hydrogens (tertiary/aromatic N) is 4. The lowest BCUT2D eigenvalue weighted by Gasteiger charge is -2.09. The monoisotopic (exact) mass is 1070 g/mol. The molecule has 0 aliphatic heterocycles. The molecule has 0 aliphatic rings. The Bertz CT molecular complexity index is 4250. The summed E-state index contributed by atoms with van der Waals surface area (Å²) >= 11 is 0. The van der Waals surface area contributed by atoms with Gasteiger partial charge in [-0.3, -0.25) is 0 Å². The van der Waals surface area contributed by atoms with E-state index >= 15 is 0 Å². The van der Waals surface area contributed by atoms with Gasteiger partial charge in [0, 0.05) is 32.8 Å². The maximum atomic E-state index is 11.8. The smallest absolute Gasteiger partial charge is 0.336 e. The van der Waals surface area contributed by atoms with E-state index in [0.29, 0.717) is 55.5 Å². The van der Waals surface area contributed by atoms with Gasteiger partial charge in [-0.05, 0) is 123 Å². The molecule has 0 amide bonds. The topological polar surface area (TPSA) is 155 Å². The van der Waals surface area contributed by atoms with Crippen molar-refractivity contribution in [3.05, 3.63) is 274 Å². The molecular formula is C72H54N4O6. The molecule has 3 heterocycles. The second-order valence-electron chi connectivity index (χ2n) is 20.3. The van der Waals surface area contributed by atoms with Gasteiger partial charge in [-0.2, -0.15) is 0 Å². The fraction of sp³-hybridized carbons (Fsp3) is 0.0694. The summed E-state index contributed by atoms with van der Waals surface area (Å²) in [5.74, 6) is -2.91. The van der Waals surface area contributed by atoms with Crippen LogP contribution in [0.15, 0.2) is 218 Å². The zero-order chi connectivity index (χ0) is 57.6. The molecule has 0 saturated carbocycles. The number of carbonyl (C=O) groups is 3. The first kappa shape index (κ1) is 54.5. The zero-order valence-electron chi connectivity index (χ0n) is 45.6. The van der Waals surface area contributed by atoms with Gasteiger partial charge in [0.15, 0.2) is 5.69 Å². The van der Waals surface area contributed by atoms with Crippen molar-refractivity contribution < 1.29 is 29.7 Å². The number of aromatic carboxylic acids is 3. The summed E-state index contributed by atoms with van der Waals surface area (Å²) in [4.78, 5) is 52.6. The SMILES string of the molecule is Cc1ccc(-c2ccc(-c3cc(C(=O)O)c4cc(C)ccc4n3)cc2)cc1.Cc1ccc(-c2ccc(-c3cc(C(=O)O)c4cc(C)ccc4n3)cc2)cc1.[C-]#[N+]c1ccc2nc(-c3ccc(-c4ccc(C)cc4)cc3)cc(C(=O)O)c2c1. The van der Waals surface area contributed by atoms with Crippen molar-refractivity contribution in [1.29, 1.82) is 0 Å². The maximum absolute atomic E-state index is 11.8. The molecule has 0 unspecified atom stereocenters. The normalized spacial score (nSPS) is 10.8. The van der Waals surface area contributed by atoms with Crippen molar-refractivity contribution >= 4 is 56.3 Å². The predicted octanol–water partition coefficient (Wildman–Crippen LogP) is 17.9. The molecule has 0 aliphatic carbocycles. The van der Waals surface area contributed by atoms with Crippen LogP contribution in [-0.2, 0) is 0 Å². The minimum atomic E-state index is -1.04. The summed E-state index contributed by atoms with van der Waals surface area (Å²) in [6.07, 6.45) is 0.